The molecule has 1 aromatic heterocycles. The average Bonchev–Trinajstić information content (AvgIpc) is 2.46. The molecule has 1 heterocycles. The Morgan fingerprint density at radius 1 is 1.05 bits per heavy atom. The Labute approximate surface area is 122 Å². The van der Waals surface area contributed by atoms with Gasteiger partial charge in [-0.1, -0.05) is 30.3 Å². The first kappa shape index (κ1) is 15.5. The average molecular weight is 306 g/mol. The summed E-state index contributed by atoms with van der Waals surface area (Å²) in [5.74, 6) is 0. The van der Waals surface area contributed by atoms with Gasteiger partial charge in [0.1, 0.15) is 6.33 Å². The van der Waals surface area contributed by atoms with Crippen molar-refractivity contribution in [2.75, 3.05) is 0 Å². The van der Waals surface area contributed by atoms with Crippen LogP contribution in [0.4, 0.5) is 0 Å². The van der Waals surface area contributed by atoms with E-state index >= 15 is 0 Å². The highest BCUT2D eigenvalue weighted by molar-refractivity contribution is 7.70. The second kappa shape index (κ2) is 6.72. The Bertz CT molecular complexity index is 670. The van der Waals surface area contributed by atoms with Crippen molar-refractivity contribution in [1.82, 2.24) is 9.97 Å². The van der Waals surface area contributed by atoms with Crippen LogP contribution in [-0.4, -0.2) is 25.3 Å². The highest BCUT2D eigenvalue weighted by Gasteiger charge is 2.25. The van der Waals surface area contributed by atoms with Crippen molar-refractivity contribution in [2.45, 2.75) is 19.3 Å². The zero-order chi connectivity index (χ0) is 15.3. The van der Waals surface area contributed by atoms with Crippen LogP contribution in [0.1, 0.15) is 17.0 Å². The molecule has 21 heavy (non-hydrogen) atoms. The maximum atomic E-state index is 11.3. The minimum absolute atomic E-state index is 0.321. The van der Waals surface area contributed by atoms with E-state index in [1.54, 1.807) is 6.07 Å². The molecule has 0 unspecified atom stereocenters. The van der Waals surface area contributed by atoms with E-state index in [0.29, 0.717) is 12.1 Å². The van der Waals surface area contributed by atoms with Gasteiger partial charge in [0, 0.05) is 5.69 Å². The van der Waals surface area contributed by atoms with Crippen LogP contribution >= 0.6 is 7.60 Å². The molecule has 0 aliphatic carbocycles. The molecular formula is C14H15N2O4P. The summed E-state index contributed by atoms with van der Waals surface area (Å²) in [6.07, 6.45) is 2.39. The lowest BCUT2D eigenvalue weighted by molar-refractivity contribution is -0.112. The molecule has 0 atom stereocenters. The molecule has 0 spiro atoms. The minimum atomic E-state index is -4.70. The number of aromatic nitrogens is 2. The Kier molecular flexibility index (Phi) is 4.96. The molecule has 1 aromatic carbocycles. The third-order valence-corrected chi connectivity index (χ3v) is 3.76. The summed E-state index contributed by atoms with van der Waals surface area (Å²) in [4.78, 5) is 36.9. The summed E-state index contributed by atoms with van der Waals surface area (Å²) in [5.41, 5.74) is 1.10. The highest BCUT2D eigenvalue weighted by atomic mass is 31.2. The molecule has 2 aromatic rings. The second-order valence-electron chi connectivity index (χ2n) is 4.60. The van der Waals surface area contributed by atoms with Gasteiger partial charge in [-0.3, -0.25) is 9.36 Å². The number of rotatable bonds is 6. The van der Waals surface area contributed by atoms with E-state index in [1.807, 2.05) is 30.3 Å². The van der Waals surface area contributed by atoms with Crippen LogP contribution < -0.4 is 0 Å². The van der Waals surface area contributed by atoms with Crippen molar-refractivity contribution in [3.05, 3.63) is 59.7 Å². The van der Waals surface area contributed by atoms with Gasteiger partial charge in [0.25, 0.3) is 0 Å². The number of hydrogen-bond acceptors (Lipinski definition) is 4. The quantitative estimate of drug-likeness (QED) is 0.785. The molecule has 0 amide bonds. The van der Waals surface area contributed by atoms with Gasteiger partial charge in [-0.15, -0.1) is 0 Å². The molecule has 0 aliphatic heterocycles. The van der Waals surface area contributed by atoms with Crippen LogP contribution in [-0.2, 0) is 28.6 Å². The van der Waals surface area contributed by atoms with Crippen LogP contribution in [0.15, 0.2) is 42.7 Å². The smallest absolute Gasteiger partial charge is 0.319 e. The molecule has 2 N–H and O–H groups in total. The van der Waals surface area contributed by atoms with Gasteiger partial charge in [0.05, 0.1) is 12.1 Å². The van der Waals surface area contributed by atoms with E-state index in [0.717, 1.165) is 12.1 Å². The highest BCUT2D eigenvalue weighted by Crippen LogP contribution is 2.36. The first-order valence-corrected chi connectivity index (χ1v) is 7.99. The largest absolute Gasteiger partial charge is 0.391 e. The van der Waals surface area contributed by atoms with Crippen LogP contribution in [0, 0.1) is 0 Å². The monoisotopic (exact) mass is 306 g/mol. The van der Waals surface area contributed by atoms with Gasteiger partial charge in [-0.2, -0.15) is 0 Å². The lowest BCUT2D eigenvalue weighted by Gasteiger charge is -2.05. The normalized spacial score (nSPS) is 11.3. The Morgan fingerprint density at radius 2 is 1.71 bits per heavy atom. The first-order chi connectivity index (χ1) is 9.95. The molecule has 7 heteroatoms. The van der Waals surface area contributed by atoms with Gasteiger partial charge >= 0.3 is 7.60 Å². The third-order valence-electron chi connectivity index (χ3n) is 2.95. The predicted octanol–water partition coefficient (Wildman–Crippen LogP) is 1.51. The Morgan fingerprint density at radius 3 is 2.38 bits per heavy atom. The van der Waals surface area contributed by atoms with E-state index < -0.39 is 13.1 Å². The first-order valence-electron chi connectivity index (χ1n) is 6.38. The zero-order valence-electron chi connectivity index (χ0n) is 11.2. The summed E-state index contributed by atoms with van der Waals surface area (Å²) >= 11 is 0. The van der Waals surface area contributed by atoms with Crippen molar-refractivity contribution in [1.29, 1.82) is 0 Å². The summed E-state index contributed by atoms with van der Waals surface area (Å²) in [5, 5.41) is 0. The SMILES string of the molecule is O=C(Cc1cc(CCc2ccccc2)ncn1)P(=O)(O)O. The lowest BCUT2D eigenvalue weighted by Crippen LogP contribution is -2.06. The van der Waals surface area contributed by atoms with E-state index in [2.05, 4.69) is 9.97 Å². The Balaban J connectivity index is 2.01. The number of benzene rings is 1. The van der Waals surface area contributed by atoms with Gasteiger partial charge in [0.2, 0.25) is 5.52 Å². The number of carbonyl (C=O) groups excluding carboxylic acids is 1. The van der Waals surface area contributed by atoms with E-state index in [9.17, 15) is 9.36 Å². The number of nitrogens with zero attached hydrogens (tertiary/aromatic N) is 2. The number of carbonyl (C=O) groups is 1. The minimum Gasteiger partial charge on any atom is -0.319 e. The molecular weight excluding hydrogens is 291 g/mol. The van der Waals surface area contributed by atoms with Crippen LogP contribution in [0.2, 0.25) is 0 Å². The molecule has 110 valence electrons. The fraction of sp³-hybridized carbons (Fsp3) is 0.214. The molecule has 0 fully saturated rings. The van der Waals surface area contributed by atoms with Gasteiger partial charge in [-0.05, 0) is 24.5 Å². The zero-order valence-corrected chi connectivity index (χ0v) is 12.1. The van der Waals surface area contributed by atoms with Gasteiger partial charge in [0.15, 0.2) is 0 Å². The van der Waals surface area contributed by atoms with E-state index in [4.69, 9.17) is 9.79 Å². The van der Waals surface area contributed by atoms with Crippen LogP contribution in [0.25, 0.3) is 0 Å². The number of aryl methyl sites for hydroxylation is 2. The van der Waals surface area contributed by atoms with Crippen molar-refractivity contribution in [3.8, 4) is 0 Å². The maximum absolute atomic E-state index is 11.3. The molecule has 0 saturated carbocycles. The Hall–Kier alpha value is -1.88. The maximum Gasteiger partial charge on any atom is 0.391 e. The van der Waals surface area contributed by atoms with Crippen LogP contribution in [0.5, 0.6) is 0 Å². The topological polar surface area (TPSA) is 100 Å². The van der Waals surface area contributed by atoms with Gasteiger partial charge < -0.3 is 9.79 Å². The number of hydrogen-bond donors (Lipinski definition) is 2. The van der Waals surface area contributed by atoms with E-state index in [1.165, 1.54) is 11.9 Å². The summed E-state index contributed by atoms with van der Waals surface area (Å²) in [6.45, 7) is 0. The molecule has 0 bridgehead atoms. The van der Waals surface area contributed by atoms with Crippen LogP contribution in [0.3, 0.4) is 0 Å². The van der Waals surface area contributed by atoms with Crippen molar-refractivity contribution in [3.63, 3.8) is 0 Å². The molecule has 0 radical (unpaired) electrons. The van der Waals surface area contributed by atoms with Crippen molar-refractivity contribution in [2.24, 2.45) is 0 Å². The summed E-state index contributed by atoms with van der Waals surface area (Å²) in [6, 6.07) is 11.5. The fourth-order valence-electron chi connectivity index (χ4n) is 1.85. The molecule has 6 nitrogen and oxygen atoms in total. The summed E-state index contributed by atoms with van der Waals surface area (Å²) in [7, 11) is -4.70. The lowest BCUT2D eigenvalue weighted by atomic mass is 10.1. The van der Waals surface area contributed by atoms with E-state index in [-0.39, 0.29) is 6.42 Å². The standard InChI is InChI=1S/C14H15N2O4P/c17-14(21(18,19)20)9-13-8-12(15-10-16-13)7-6-11-4-2-1-3-5-11/h1-5,8,10H,6-7,9H2,(H2,18,19,20). The fourth-order valence-corrected chi connectivity index (χ4v) is 2.22. The van der Waals surface area contributed by atoms with Crippen molar-refractivity contribution < 1.29 is 19.1 Å². The molecule has 2 rings (SSSR count). The summed E-state index contributed by atoms with van der Waals surface area (Å²) < 4.78 is 10.8. The third kappa shape index (κ3) is 4.86. The predicted molar refractivity (Wildman–Crippen MR) is 76.6 cm³/mol. The van der Waals surface area contributed by atoms with Crippen molar-refractivity contribution >= 4 is 13.1 Å². The second-order valence-corrected chi connectivity index (χ2v) is 6.19. The molecule has 0 saturated heterocycles. The van der Waals surface area contributed by atoms with Gasteiger partial charge in [-0.25, -0.2) is 9.97 Å². The molecule has 0 aliphatic rings.